The Kier molecular flexibility index (Phi) is 6.85. The molecule has 1 aromatic carbocycles. The molecule has 1 aromatic rings. The number of carbonyl (C=O) groups excluding carboxylic acids is 1. The van der Waals surface area contributed by atoms with Crippen molar-refractivity contribution in [2.75, 3.05) is 17.3 Å². The summed E-state index contributed by atoms with van der Waals surface area (Å²) in [6.07, 6.45) is 2.17. The molecule has 0 saturated carbocycles. The van der Waals surface area contributed by atoms with Gasteiger partial charge < -0.3 is 15.7 Å². The molecule has 8 heteroatoms. The van der Waals surface area contributed by atoms with E-state index in [0.717, 1.165) is 0 Å². The van der Waals surface area contributed by atoms with Crippen molar-refractivity contribution in [3.63, 3.8) is 0 Å². The van der Waals surface area contributed by atoms with E-state index in [9.17, 15) is 9.59 Å². The van der Waals surface area contributed by atoms with Crippen LogP contribution in [0.25, 0.3) is 0 Å². The van der Waals surface area contributed by atoms with Crippen LogP contribution in [-0.4, -0.2) is 35.2 Å². The first-order chi connectivity index (χ1) is 9.97. The van der Waals surface area contributed by atoms with Crippen molar-refractivity contribution in [1.82, 2.24) is 5.32 Å². The lowest BCUT2D eigenvalue weighted by Crippen LogP contribution is -2.43. The van der Waals surface area contributed by atoms with E-state index in [1.807, 2.05) is 12.3 Å². The number of amides is 2. The third kappa shape index (κ3) is 5.53. The van der Waals surface area contributed by atoms with Crippen molar-refractivity contribution in [2.45, 2.75) is 12.5 Å². The number of hydrogen-bond donors (Lipinski definition) is 3. The minimum atomic E-state index is -1.10. The number of rotatable bonds is 6. The van der Waals surface area contributed by atoms with E-state index in [0.29, 0.717) is 17.7 Å². The summed E-state index contributed by atoms with van der Waals surface area (Å²) >= 11 is 7.40. The molecule has 0 aromatic heterocycles. The molecule has 0 unspecified atom stereocenters. The number of aliphatic carboxylic acids is 1. The third-order valence-corrected chi connectivity index (χ3v) is 3.53. The van der Waals surface area contributed by atoms with Crippen LogP contribution in [0.4, 0.5) is 10.5 Å². The van der Waals surface area contributed by atoms with Crippen LogP contribution >= 0.6 is 23.4 Å². The lowest BCUT2D eigenvalue weighted by atomic mass is 10.2. The lowest BCUT2D eigenvalue weighted by Gasteiger charge is -2.15. The first-order valence-electron chi connectivity index (χ1n) is 5.96. The Hall–Kier alpha value is -1.91. The molecule has 112 valence electrons. The van der Waals surface area contributed by atoms with Gasteiger partial charge in [0.15, 0.2) is 0 Å². The third-order valence-electron chi connectivity index (χ3n) is 2.56. The number of hydrogen-bond acceptors (Lipinski definition) is 4. The maximum absolute atomic E-state index is 11.8. The molecule has 1 atom stereocenters. The molecule has 0 fully saturated rings. The first-order valence-corrected chi connectivity index (χ1v) is 7.74. The maximum atomic E-state index is 11.8. The second kappa shape index (κ2) is 8.39. The highest BCUT2D eigenvalue weighted by molar-refractivity contribution is 7.98. The zero-order chi connectivity index (χ0) is 15.8. The van der Waals surface area contributed by atoms with Crippen molar-refractivity contribution in [3.05, 3.63) is 28.8 Å². The van der Waals surface area contributed by atoms with Gasteiger partial charge in [0, 0.05) is 0 Å². The number of thioether (sulfide) groups is 1. The van der Waals surface area contributed by atoms with Crippen LogP contribution in [0.3, 0.4) is 0 Å². The molecular formula is C13H14ClN3O3S. The molecule has 0 bridgehead atoms. The number of nitriles is 1. The van der Waals surface area contributed by atoms with Gasteiger partial charge in [-0.15, -0.1) is 0 Å². The van der Waals surface area contributed by atoms with E-state index in [1.165, 1.54) is 30.0 Å². The first kappa shape index (κ1) is 17.1. The molecule has 0 saturated heterocycles. The topological polar surface area (TPSA) is 102 Å². The summed E-state index contributed by atoms with van der Waals surface area (Å²) in [6.45, 7) is 0. The highest BCUT2D eigenvalue weighted by Gasteiger charge is 2.19. The summed E-state index contributed by atoms with van der Waals surface area (Å²) in [4.78, 5) is 22.8. The Morgan fingerprint density at radius 2 is 2.24 bits per heavy atom. The van der Waals surface area contributed by atoms with Crippen molar-refractivity contribution >= 4 is 41.1 Å². The molecule has 2 amide bonds. The Bertz CT molecular complexity index is 574. The summed E-state index contributed by atoms with van der Waals surface area (Å²) in [7, 11) is 0. The number of carboxylic acid groups (broad SMARTS) is 1. The minimum Gasteiger partial charge on any atom is -0.480 e. The second-order valence-electron chi connectivity index (χ2n) is 4.08. The highest BCUT2D eigenvalue weighted by atomic mass is 35.5. The molecule has 0 aliphatic carbocycles. The van der Waals surface area contributed by atoms with Crippen molar-refractivity contribution in [3.8, 4) is 6.07 Å². The summed E-state index contributed by atoms with van der Waals surface area (Å²) < 4.78 is 0. The molecule has 0 radical (unpaired) electrons. The van der Waals surface area contributed by atoms with Crippen molar-refractivity contribution < 1.29 is 14.7 Å². The van der Waals surface area contributed by atoms with E-state index in [4.69, 9.17) is 22.0 Å². The zero-order valence-electron chi connectivity index (χ0n) is 11.2. The van der Waals surface area contributed by atoms with Crippen LogP contribution < -0.4 is 10.6 Å². The van der Waals surface area contributed by atoms with Crippen LogP contribution in [0.1, 0.15) is 12.0 Å². The largest absolute Gasteiger partial charge is 0.480 e. The van der Waals surface area contributed by atoms with Gasteiger partial charge in [-0.3, -0.25) is 0 Å². The van der Waals surface area contributed by atoms with Gasteiger partial charge in [0.1, 0.15) is 6.04 Å². The van der Waals surface area contributed by atoms with Crippen LogP contribution in [0.2, 0.25) is 5.02 Å². The van der Waals surface area contributed by atoms with Gasteiger partial charge in [0.2, 0.25) is 0 Å². The van der Waals surface area contributed by atoms with E-state index in [1.54, 1.807) is 0 Å². The number of benzene rings is 1. The average molecular weight is 328 g/mol. The van der Waals surface area contributed by atoms with Crippen LogP contribution in [0.15, 0.2) is 18.2 Å². The van der Waals surface area contributed by atoms with E-state index < -0.39 is 18.0 Å². The lowest BCUT2D eigenvalue weighted by molar-refractivity contribution is -0.139. The monoisotopic (exact) mass is 327 g/mol. The zero-order valence-corrected chi connectivity index (χ0v) is 12.8. The number of nitrogens with one attached hydrogen (secondary N) is 2. The van der Waals surface area contributed by atoms with Crippen LogP contribution in [0.5, 0.6) is 0 Å². The quantitative estimate of drug-likeness (QED) is 0.745. The standard InChI is InChI=1S/C13H14ClN3O3S/c1-21-5-4-10(12(18)19)16-13(20)17-11-6-8(7-15)2-3-9(11)14/h2-3,6,10H,4-5H2,1H3,(H,18,19)(H2,16,17,20)/t10-/m0/s1. The molecule has 3 N–H and O–H groups in total. The van der Waals surface area contributed by atoms with Gasteiger partial charge in [-0.25, -0.2) is 9.59 Å². The fourth-order valence-corrected chi connectivity index (χ4v) is 2.14. The summed E-state index contributed by atoms with van der Waals surface area (Å²) in [5, 5.41) is 22.9. The van der Waals surface area contributed by atoms with Crippen LogP contribution in [0, 0.1) is 11.3 Å². The molecular weight excluding hydrogens is 314 g/mol. The predicted octanol–water partition coefficient (Wildman–Crippen LogP) is 2.54. The molecule has 0 aliphatic heterocycles. The number of halogens is 1. The molecule has 1 rings (SSSR count). The summed E-state index contributed by atoms with van der Waals surface area (Å²) in [5.74, 6) is -0.488. The number of urea groups is 1. The smallest absolute Gasteiger partial charge is 0.326 e. The molecule has 0 spiro atoms. The number of carboxylic acids is 1. The van der Waals surface area contributed by atoms with E-state index in [-0.39, 0.29) is 10.7 Å². The normalized spacial score (nSPS) is 11.3. The van der Waals surface area contributed by atoms with E-state index in [2.05, 4.69) is 10.6 Å². The van der Waals surface area contributed by atoms with Gasteiger partial charge in [0.25, 0.3) is 0 Å². The van der Waals surface area contributed by atoms with Gasteiger partial charge in [-0.2, -0.15) is 17.0 Å². The van der Waals surface area contributed by atoms with E-state index >= 15 is 0 Å². The van der Waals surface area contributed by atoms with Crippen LogP contribution in [-0.2, 0) is 4.79 Å². The maximum Gasteiger partial charge on any atom is 0.326 e. The fraction of sp³-hybridized carbons (Fsp3) is 0.308. The highest BCUT2D eigenvalue weighted by Crippen LogP contribution is 2.22. The molecule has 0 aliphatic rings. The average Bonchev–Trinajstić information content (AvgIpc) is 2.45. The number of anilines is 1. The fourth-order valence-electron chi connectivity index (χ4n) is 1.50. The summed E-state index contributed by atoms with van der Waals surface area (Å²) in [6, 6.07) is 4.69. The van der Waals surface area contributed by atoms with Crippen molar-refractivity contribution in [1.29, 1.82) is 5.26 Å². The Morgan fingerprint density at radius 1 is 1.52 bits per heavy atom. The Balaban J connectivity index is 2.72. The summed E-state index contributed by atoms with van der Waals surface area (Å²) in [5.41, 5.74) is 0.592. The molecule has 6 nitrogen and oxygen atoms in total. The minimum absolute atomic E-state index is 0.252. The SMILES string of the molecule is CSCC[C@H](NC(=O)Nc1cc(C#N)ccc1Cl)C(=O)O. The van der Waals surface area contributed by atoms with Gasteiger partial charge in [-0.1, -0.05) is 11.6 Å². The van der Waals surface area contributed by atoms with Gasteiger partial charge in [0.05, 0.1) is 22.3 Å². The predicted molar refractivity (Wildman–Crippen MR) is 82.7 cm³/mol. The number of nitrogens with zero attached hydrogens (tertiary/aromatic N) is 1. The Morgan fingerprint density at radius 3 is 2.81 bits per heavy atom. The second-order valence-corrected chi connectivity index (χ2v) is 5.47. The number of carbonyl (C=O) groups is 2. The van der Waals surface area contributed by atoms with Gasteiger partial charge >= 0.3 is 12.0 Å². The molecule has 21 heavy (non-hydrogen) atoms. The Labute approximate surface area is 131 Å². The molecule has 0 heterocycles. The van der Waals surface area contributed by atoms with Gasteiger partial charge in [-0.05, 0) is 36.6 Å². The van der Waals surface area contributed by atoms with Crippen molar-refractivity contribution in [2.24, 2.45) is 0 Å².